The number of phenols is 1. The highest BCUT2D eigenvalue weighted by Gasteiger charge is 2.10. The largest absolute Gasteiger partial charge is 0.508 e. The Morgan fingerprint density at radius 2 is 1.83 bits per heavy atom. The normalized spacial score (nSPS) is 10.1. The van der Waals surface area contributed by atoms with Gasteiger partial charge in [0.05, 0.1) is 5.56 Å². The molecule has 2 aromatic carbocycles. The lowest BCUT2D eigenvalue weighted by Gasteiger charge is -2.08. The van der Waals surface area contributed by atoms with Gasteiger partial charge < -0.3 is 16.2 Å². The SMILES string of the molecule is Cc1ccc(NC(=O)c2cc(O)ccc2N)cc1. The first-order valence-corrected chi connectivity index (χ1v) is 5.53. The Morgan fingerprint density at radius 3 is 2.50 bits per heavy atom. The first-order valence-electron chi connectivity index (χ1n) is 5.53. The van der Waals surface area contributed by atoms with Gasteiger partial charge in [-0.25, -0.2) is 0 Å². The molecule has 0 unspecified atom stereocenters. The molecule has 0 radical (unpaired) electrons. The van der Waals surface area contributed by atoms with E-state index >= 15 is 0 Å². The van der Waals surface area contributed by atoms with E-state index in [9.17, 15) is 9.90 Å². The number of nitrogens with one attached hydrogen (secondary N) is 1. The second kappa shape index (κ2) is 4.79. The van der Waals surface area contributed by atoms with Gasteiger partial charge in [-0.05, 0) is 37.3 Å². The third kappa shape index (κ3) is 2.60. The summed E-state index contributed by atoms with van der Waals surface area (Å²) in [6.07, 6.45) is 0. The lowest BCUT2D eigenvalue weighted by atomic mass is 10.1. The van der Waals surface area contributed by atoms with Crippen LogP contribution in [-0.2, 0) is 0 Å². The molecule has 92 valence electrons. The van der Waals surface area contributed by atoms with Gasteiger partial charge in [-0.15, -0.1) is 0 Å². The molecule has 0 aliphatic carbocycles. The molecule has 0 aliphatic rings. The summed E-state index contributed by atoms with van der Waals surface area (Å²) in [5.41, 5.74) is 8.09. The number of benzene rings is 2. The van der Waals surface area contributed by atoms with Crippen LogP contribution in [0, 0.1) is 6.92 Å². The molecule has 4 heteroatoms. The van der Waals surface area contributed by atoms with Crippen molar-refractivity contribution in [1.29, 1.82) is 0 Å². The lowest BCUT2D eigenvalue weighted by Crippen LogP contribution is -2.13. The van der Waals surface area contributed by atoms with Crippen molar-refractivity contribution >= 4 is 17.3 Å². The van der Waals surface area contributed by atoms with Crippen LogP contribution in [0.4, 0.5) is 11.4 Å². The molecule has 1 amide bonds. The van der Waals surface area contributed by atoms with Gasteiger partial charge in [0.2, 0.25) is 0 Å². The first kappa shape index (κ1) is 12.0. The zero-order valence-corrected chi connectivity index (χ0v) is 9.97. The molecule has 0 spiro atoms. The summed E-state index contributed by atoms with van der Waals surface area (Å²) in [5, 5.41) is 12.1. The van der Waals surface area contributed by atoms with E-state index < -0.39 is 0 Å². The van der Waals surface area contributed by atoms with Crippen molar-refractivity contribution in [2.75, 3.05) is 11.1 Å². The summed E-state index contributed by atoms with van der Waals surface area (Å²) in [5.74, 6) is -0.328. The molecule has 2 aromatic rings. The van der Waals surface area contributed by atoms with Crippen LogP contribution in [0.5, 0.6) is 5.75 Å². The van der Waals surface area contributed by atoms with E-state index in [1.807, 2.05) is 31.2 Å². The Hall–Kier alpha value is -2.49. The van der Waals surface area contributed by atoms with Crippen molar-refractivity contribution < 1.29 is 9.90 Å². The minimum atomic E-state index is -0.341. The third-order valence-corrected chi connectivity index (χ3v) is 2.59. The first-order chi connectivity index (χ1) is 8.56. The highest BCUT2D eigenvalue weighted by atomic mass is 16.3. The number of hydrogen-bond donors (Lipinski definition) is 3. The van der Waals surface area contributed by atoms with Gasteiger partial charge in [0.25, 0.3) is 5.91 Å². The molecule has 0 aromatic heterocycles. The van der Waals surface area contributed by atoms with Gasteiger partial charge in [0.1, 0.15) is 5.75 Å². The van der Waals surface area contributed by atoms with Gasteiger partial charge in [0, 0.05) is 11.4 Å². The number of rotatable bonds is 2. The van der Waals surface area contributed by atoms with Crippen LogP contribution >= 0.6 is 0 Å². The highest BCUT2D eigenvalue weighted by Crippen LogP contribution is 2.20. The van der Waals surface area contributed by atoms with Crippen molar-refractivity contribution in [2.24, 2.45) is 0 Å². The fourth-order valence-corrected chi connectivity index (χ4v) is 1.58. The van der Waals surface area contributed by atoms with E-state index in [0.29, 0.717) is 11.4 Å². The molecule has 0 aliphatic heterocycles. The maximum atomic E-state index is 12.0. The van der Waals surface area contributed by atoms with Crippen LogP contribution in [0.3, 0.4) is 0 Å². The maximum Gasteiger partial charge on any atom is 0.257 e. The molecule has 0 fully saturated rings. The number of carbonyl (C=O) groups excluding carboxylic acids is 1. The topological polar surface area (TPSA) is 75.3 Å². The Morgan fingerprint density at radius 1 is 1.17 bits per heavy atom. The Bertz CT molecular complexity index is 577. The number of hydrogen-bond acceptors (Lipinski definition) is 3. The molecule has 4 nitrogen and oxygen atoms in total. The summed E-state index contributed by atoms with van der Waals surface area (Å²) in [6.45, 7) is 1.97. The highest BCUT2D eigenvalue weighted by molar-refractivity contribution is 6.07. The van der Waals surface area contributed by atoms with Crippen LogP contribution in [0.25, 0.3) is 0 Å². The number of anilines is 2. The Labute approximate surface area is 105 Å². The Balaban J connectivity index is 2.21. The summed E-state index contributed by atoms with van der Waals surface area (Å²) in [4.78, 5) is 12.0. The molecule has 0 atom stereocenters. The number of aromatic hydroxyl groups is 1. The molecule has 0 bridgehead atoms. The lowest BCUT2D eigenvalue weighted by molar-refractivity contribution is 0.102. The minimum absolute atomic E-state index is 0.0123. The average molecular weight is 242 g/mol. The van der Waals surface area contributed by atoms with Gasteiger partial charge >= 0.3 is 0 Å². The fourth-order valence-electron chi connectivity index (χ4n) is 1.58. The van der Waals surface area contributed by atoms with Crippen molar-refractivity contribution in [3.8, 4) is 5.75 Å². The van der Waals surface area contributed by atoms with Crippen LogP contribution in [-0.4, -0.2) is 11.0 Å². The van der Waals surface area contributed by atoms with E-state index in [-0.39, 0.29) is 17.2 Å². The summed E-state index contributed by atoms with van der Waals surface area (Å²) in [6, 6.07) is 11.7. The molecule has 18 heavy (non-hydrogen) atoms. The van der Waals surface area contributed by atoms with Crippen LogP contribution < -0.4 is 11.1 Å². The smallest absolute Gasteiger partial charge is 0.257 e. The van der Waals surface area contributed by atoms with Crippen molar-refractivity contribution in [2.45, 2.75) is 6.92 Å². The van der Waals surface area contributed by atoms with Crippen LogP contribution in [0.2, 0.25) is 0 Å². The fraction of sp³-hybridized carbons (Fsp3) is 0.0714. The van der Waals surface area contributed by atoms with E-state index in [0.717, 1.165) is 5.56 Å². The standard InChI is InChI=1S/C14H14N2O2/c1-9-2-4-10(5-3-9)16-14(18)12-8-11(17)6-7-13(12)15/h2-8,17H,15H2,1H3,(H,16,18). The van der Waals surface area contributed by atoms with Gasteiger partial charge in [0.15, 0.2) is 0 Å². The number of nitrogen functional groups attached to an aromatic ring is 1. The monoisotopic (exact) mass is 242 g/mol. The zero-order valence-electron chi connectivity index (χ0n) is 9.97. The van der Waals surface area contributed by atoms with Crippen molar-refractivity contribution in [1.82, 2.24) is 0 Å². The Kier molecular flexibility index (Phi) is 3.19. The van der Waals surface area contributed by atoms with E-state index in [4.69, 9.17) is 5.73 Å². The number of nitrogens with two attached hydrogens (primary N) is 1. The molecule has 0 heterocycles. The summed E-state index contributed by atoms with van der Waals surface area (Å²) in [7, 11) is 0. The maximum absolute atomic E-state index is 12.0. The molecular formula is C14H14N2O2. The number of carbonyl (C=O) groups is 1. The second-order valence-electron chi connectivity index (χ2n) is 4.09. The summed E-state index contributed by atoms with van der Waals surface area (Å²) < 4.78 is 0. The minimum Gasteiger partial charge on any atom is -0.508 e. The van der Waals surface area contributed by atoms with Gasteiger partial charge in [-0.2, -0.15) is 0 Å². The predicted octanol–water partition coefficient (Wildman–Crippen LogP) is 2.54. The molecular weight excluding hydrogens is 228 g/mol. The van der Waals surface area contributed by atoms with E-state index in [1.165, 1.54) is 18.2 Å². The number of amides is 1. The second-order valence-corrected chi connectivity index (χ2v) is 4.09. The zero-order chi connectivity index (χ0) is 13.1. The molecule has 0 saturated carbocycles. The summed E-state index contributed by atoms with van der Waals surface area (Å²) >= 11 is 0. The molecule has 4 N–H and O–H groups in total. The van der Waals surface area contributed by atoms with E-state index in [2.05, 4.69) is 5.32 Å². The van der Waals surface area contributed by atoms with Crippen molar-refractivity contribution in [3.63, 3.8) is 0 Å². The van der Waals surface area contributed by atoms with Crippen LogP contribution in [0.1, 0.15) is 15.9 Å². The third-order valence-electron chi connectivity index (χ3n) is 2.59. The molecule has 0 saturated heterocycles. The quantitative estimate of drug-likeness (QED) is 0.559. The van der Waals surface area contributed by atoms with Gasteiger partial charge in [-0.1, -0.05) is 17.7 Å². The van der Waals surface area contributed by atoms with E-state index in [1.54, 1.807) is 0 Å². The average Bonchev–Trinajstić information content (AvgIpc) is 2.35. The van der Waals surface area contributed by atoms with Crippen molar-refractivity contribution in [3.05, 3.63) is 53.6 Å². The van der Waals surface area contributed by atoms with Crippen LogP contribution in [0.15, 0.2) is 42.5 Å². The number of phenolic OH excluding ortho intramolecular Hbond substituents is 1. The molecule has 2 rings (SSSR count). The number of aryl methyl sites for hydroxylation is 1. The predicted molar refractivity (Wildman–Crippen MR) is 71.7 cm³/mol. The van der Waals surface area contributed by atoms with Gasteiger partial charge in [-0.3, -0.25) is 4.79 Å².